The molecule has 124 valence electrons. The number of carbonyl (C=O) groups excluding carboxylic acids is 2. The molecule has 4 nitrogen and oxygen atoms in total. The van der Waals surface area contributed by atoms with Crippen LogP contribution in [0, 0.1) is 12.8 Å². The van der Waals surface area contributed by atoms with E-state index in [0.717, 1.165) is 19.3 Å². The number of nitrogens with zero attached hydrogens (tertiary/aromatic N) is 2. The summed E-state index contributed by atoms with van der Waals surface area (Å²) in [7, 11) is 0. The highest BCUT2D eigenvalue weighted by molar-refractivity contribution is 5.80. The number of amides is 2. The quantitative estimate of drug-likeness (QED) is 0.856. The van der Waals surface area contributed by atoms with Gasteiger partial charge in [-0.2, -0.15) is 0 Å². The number of benzene rings is 1. The number of aryl methyl sites for hydroxylation is 2. The van der Waals surface area contributed by atoms with Gasteiger partial charge in [-0.1, -0.05) is 36.2 Å². The Morgan fingerprint density at radius 2 is 1.78 bits per heavy atom. The Hall–Kier alpha value is -1.84. The van der Waals surface area contributed by atoms with Crippen LogP contribution in [0.15, 0.2) is 24.3 Å². The van der Waals surface area contributed by atoms with Gasteiger partial charge in [0.05, 0.1) is 0 Å². The van der Waals surface area contributed by atoms with Gasteiger partial charge in [-0.05, 0) is 31.7 Å². The SMILES string of the molecule is Cc1cccc(CCC(=O)N2CCN(C(=O)C3CCC3)CC2)c1. The highest BCUT2D eigenvalue weighted by Gasteiger charge is 2.31. The third kappa shape index (κ3) is 3.92. The second-order valence-corrected chi connectivity index (χ2v) is 6.82. The van der Waals surface area contributed by atoms with Crippen molar-refractivity contribution in [1.82, 2.24) is 9.80 Å². The van der Waals surface area contributed by atoms with Crippen LogP contribution in [0.2, 0.25) is 0 Å². The minimum Gasteiger partial charge on any atom is -0.339 e. The van der Waals surface area contributed by atoms with Crippen molar-refractivity contribution in [2.75, 3.05) is 26.2 Å². The summed E-state index contributed by atoms with van der Waals surface area (Å²) in [6, 6.07) is 8.33. The Morgan fingerprint density at radius 1 is 1.09 bits per heavy atom. The largest absolute Gasteiger partial charge is 0.339 e. The van der Waals surface area contributed by atoms with Crippen molar-refractivity contribution in [2.24, 2.45) is 5.92 Å². The second kappa shape index (κ2) is 7.16. The van der Waals surface area contributed by atoms with Gasteiger partial charge in [0, 0.05) is 38.5 Å². The van der Waals surface area contributed by atoms with Crippen LogP contribution >= 0.6 is 0 Å². The lowest BCUT2D eigenvalue weighted by atomic mass is 9.84. The van der Waals surface area contributed by atoms with Crippen molar-refractivity contribution in [3.63, 3.8) is 0 Å². The Bertz CT molecular complexity index is 572. The summed E-state index contributed by atoms with van der Waals surface area (Å²) in [4.78, 5) is 28.4. The van der Waals surface area contributed by atoms with Gasteiger partial charge in [0.1, 0.15) is 0 Å². The fourth-order valence-corrected chi connectivity index (χ4v) is 3.37. The minimum atomic E-state index is 0.210. The lowest BCUT2D eigenvalue weighted by Gasteiger charge is -2.38. The number of carbonyl (C=O) groups is 2. The first-order chi connectivity index (χ1) is 11.1. The average molecular weight is 314 g/mol. The van der Waals surface area contributed by atoms with Crippen LogP contribution < -0.4 is 0 Å². The van der Waals surface area contributed by atoms with Crippen LogP contribution in [-0.2, 0) is 16.0 Å². The number of hydrogen-bond donors (Lipinski definition) is 0. The predicted molar refractivity (Wildman–Crippen MR) is 90.0 cm³/mol. The van der Waals surface area contributed by atoms with Gasteiger partial charge >= 0.3 is 0 Å². The van der Waals surface area contributed by atoms with Crippen LogP contribution in [0.5, 0.6) is 0 Å². The molecule has 0 unspecified atom stereocenters. The lowest BCUT2D eigenvalue weighted by Crippen LogP contribution is -2.52. The third-order valence-corrected chi connectivity index (χ3v) is 5.11. The summed E-state index contributed by atoms with van der Waals surface area (Å²) in [6.45, 7) is 4.84. The zero-order valence-electron chi connectivity index (χ0n) is 14.0. The molecular formula is C19H26N2O2. The number of piperazine rings is 1. The van der Waals surface area contributed by atoms with Crippen molar-refractivity contribution >= 4 is 11.8 Å². The molecule has 1 aromatic carbocycles. The van der Waals surface area contributed by atoms with E-state index < -0.39 is 0 Å². The molecule has 1 aliphatic carbocycles. The molecule has 0 atom stereocenters. The average Bonchev–Trinajstić information content (AvgIpc) is 2.51. The van der Waals surface area contributed by atoms with Crippen LogP contribution in [0.1, 0.15) is 36.8 Å². The summed E-state index contributed by atoms with van der Waals surface area (Å²) >= 11 is 0. The fourth-order valence-electron chi connectivity index (χ4n) is 3.37. The van der Waals surface area contributed by atoms with E-state index in [1.807, 2.05) is 15.9 Å². The van der Waals surface area contributed by atoms with Gasteiger partial charge in [-0.25, -0.2) is 0 Å². The molecule has 2 amide bonds. The van der Waals surface area contributed by atoms with Crippen LogP contribution in [0.4, 0.5) is 0 Å². The zero-order valence-corrected chi connectivity index (χ0v) is 14.0. The van der Waals surface area contributed by atoms with Crippen LogP contribution in [0.3, 0.4) is 0 Å². The highest BCUT2D eigenvalue weighted by atomic mass is 16.2. The third-order valence-electron chi connectivity index (χ3n) is 5.11. The molecule has 23 heavy (non-hydrogen) atoms. The summed E-state index contributed by atoms with van der Waals surface area (Å²) in [5.74, 6) is 0.781. The molecule has 2 fully saturated rings. The van der Waals surface area contributed by atoms with Crippen molar-refractivity contribution in [3.05, 3.63) is 35.4 Å². The van der Waals surface area contributed by atoms with Gasteiger partial charge in [0.25, 0.3) is 0 Å². The molecule has 1 saturated heterocycles. The molecule has 1 saturated carbocycles. The van der Waals surface area contributed by atoms with E-state index in [2.05, 4.69) is 25.1 Å². The van der Waals surface area contributed by atoms with E-state index in [4.69, 9.17) is 0 Å². The lowest BCUT2D eigenvalue weighted by molar-refractivity contribution is -0.144. The summed E-state index contributed by atoms with van der Waals surface area (Å²) < 4.78 is 0. The van der Waals surface area contributed by atoms with Gasteiger partial charge < -0.3 is 9.80 Å². The molecule has 0 N–H and O–H groups in total. The van der Waals surface area contributed by atoms with Crippen molar-refractivity contribution in [1.29, 1.82) is 0 Å². The van der Waals surface area contributed by atoms with Gasteiger partial charge in [-0.15, -0.1) is 0 Å². The van der Waals surface area contributed by atoms with Gasteiger partial charge in [-0.3, -0.25) is 9.59 Å². The molecule has 4 heteroatoms. The van der Waals surface area contributed by atoms with Crippen molar-refractivity contribution in [2.45, 2.75) is 39.0 Å². The van der Waals surface area contributed by atoms with E-state index >= 15 is 0 Å². The monoisotopic (exact) mass is 314 g/mol. The Kier molecular flexibility index (Phi) is 4.99. The maximum absolute atomic E-state index is 12.4. The zero-order chi connectivity index (χ0) is 16.2. The molecule has 1 aromatic rings. The maximum atomic E-state index is 12.4. The first kappa shape index (κ1) is 16.0. The number of hydrogen-bond acceptors (Lipinski definition) is 2. The first-order valence-electron chi connectivity index (χ1n) is 8.75. The van der Waals surface area contributed by atoms with Gasteiger partial charge in [0.15, 0.2) is 0 Å². The highest BCUT2D eigenvalue weighted by Crippen LogP contribution is 2.28. The normalized spacial score (nSPS) is 18.7. The molecule has 0 bridgehead atoms. The molecule has 0 aromatic heterocycles. The first-order valence-corrected chi connectivity index (χ1v) is 8.75. The van der Waals surface area contributed by atoms with E-state index in [1.165, 1.54) is 17.5 Å². The standard InChI is InChI=1S/C19H26N2O2/c1-15-4-2-5-16(14-15)8-9-18(22)20-10-12-21(13-11-20)19(23)17-6-3-7-17/h2,4-5,14,17H,3,6-13H2,1H3. The predicted octanol–water partition coefficient (Wildman–Crippen LogP) is 2.40. The number of rotatable bonds is 4. The van der Waals surface area contributed by atoms with E-state index in [-0.39, 0.29) is 11.8 Å². The molecular weight excluding hydrogens is 288 g/mol. The summed E-state index contributed by atoms with van der Waals surface area (Å²) in [5.41, 5.74) is 2.45. The van der Waals surface area contributed by atoms with Crippen LogP contribution in [0.25, 0.3) is 0 Å². The molecule has 0 spiro atoms. The smallest absolute Gasteiger partial charge is 0.225 e. The molecule has 0 radical (unpaired) electrons. The van der Waals surface area contributed by atoms with Crippen molar-refractivity contribution < 1.29 is 9.59 Å². The van der Waals surface area contributed by atoms with E-state index in [0.29, 0.717) is 38.5 Å². The Balaban J connectivity index is 1.43. The molecule has 1 heterocycles. The Labute approximate surface area is 138 Å². The maximum Gasteiger partial charge on any atom is 0.225 e. The second-order valence-electron chi connectivity index (χ2n) is 6.82. The van der Waals surface area contributed by atoms with Crippen molar-refractivity contribution in [3.8, 4) is 0 Å². The summed E-state index contributed by atoms with van der Waals surface area (Å²) in [5, 5.41) is 0. The van der Waals surface area contributed by atoms with E-state index in [1.54, 1.807) is 0 Å². The topological polar surface area (TPSA) is 40.6 Å². The minimum absolute atomic E-state index is 0.210. The molecule has 2 aliphatic rings. The molecule has 1 aliphatic heterocycles. The Morgan fingerprint density at radius 3 is 2.39 bits per heavy atom. The summed E-state index contributed by atoms with van der Waals surface area (Å²) in [6.07, 6.45) is 4.64. The van der Waals surface area contributed by atoms with Crippen LogP contribution in [-0.4, -0.2) is 47.8 Å². The fraction of sp³-hybridized carbons (Fsp3) is 0.579. The molecule has 3 rings (SSSR count). The van der Waals surface area contributed by atoms with Gasteiger partial charge in [0.2, 0.25) is 11.8 Å². The van der Waals surface area contributed by atoms with E-state index in [9.17, 15) is 9.59 Å².